The number of nitrogens with zero attached hydrogens (tertiary/aromatic N) is 3. The van der Waals surface area contributed by atoms with Gasteiger partial charge in [-0.3, -0.25) is 4.68 Å². The average Bonchev–Trinajstić information content (AvgIpc) is 3.13. The van der Waals surface area contributed by atoms with E-state index in [1.165, 1.54) is 6.08 Å². The third-order valence-electron chi connectivity index (χ3n) is 3.69. The van der Waals surface area contributed by atoms with E-state index >= 15 is 0 Å². The van der Waals surface area contributed by atoms with Gasteiger partial charge in [-0.2, -0.15) is 10.4 Å². The second-order valence-corrected chi connectivity index (χ2v) is 5.71. The molecule has 5 heteroatoms. The second kappa shape index (κ2) is 8.45. The zero-order valence-corrected chi connectivity index (χ0v) is 14.1. The molecule has 0 radical (unpaired) electrons. The minimum absolute atomic E-state index is 0.131. The maximum absolute atomic E-state index is 11.8. The Hall–Kier alpha value is -3.65. The molecular formula is C21H17N3O2. The van der Waals surface area contributed by atoms with Gasteiger partial charge in [0.2, 0.25) is 0 Å². The standard InChI is InChI=1S/C21H17N3O2/c22-12-18-7-4-8-19(11-18)16-26-21(25)10-9-20-13-23-24(15-20)14-17-5-2-1-3-6-17/h1-11,13,15H,14,16H2/b10-9+. The molecule has 0 unspecified atom stereocenters. The summed E-state index contributed by atoms with van der Waals surface area (Å²) in [6, 6.07) is 19.1. The molecule has 1 heterocycles. The van der Waals surface area contributed by atoms with Crippen molar-refractivity contribution in [1.29, 1.82) is 5.26 Å². The van der Waals surface area contributed by atoms with Crippen LogP contribution in [0.2, 0.25) is 0 Å². The largest absolute Gasteiger partial charge is 0.458 e. The second-order valence-electron chi connectivity index (χ2n) is 5.71. The van der Waals surface area contributed by atoms with E-state index in [-0.39, 0.29) is 6.61 Å². The predicted octanol–water partition coefficient (Wildman–Crippen LogP) is 3.56. The first-order chi connectivity index (χ1) is 12.7. The molecule has 26 heavy (non-hydrogen) atoms. The maximum Gasteiger partial charge on any atom is 0.331 e. The van der Waals surface area contributed by atoms with Gasteiger partial charge >= 0.3 is 5.97 Å². The van der Waals surface area contributed by atoms with Gasteiger partial charge in [-0.25, -0.2) is 4.79 Å². The summed E-state index contributed by atoms with van der Waals surface area (Å²) in [6.07, 6.45) is 6.61. The summed E-state index contributed by atoms with van der Waals surface area (Å²) < 4.78 is 7.00. The monoisotopic (exact) mass is 343 g/mol. The van der Waals surface area contributed by atoms with E-state index in [4.69, 9.17) is 10.00 Å². The van der Waals surface area contributed by atoms with Crippen LogP contribution >= 0.6 is 0 Å². The molecule has 0 saturated heterocycles. The normalized spacial score (nSPS) is 10.6. The average molecular weight is 343 g/mol. The molecule has 0 fully saturated rings. The molecule has 0 aliphatic rings. The van der Waals surface area contributed by atoms with E-state index in [0.29, 0.717) is 12.1 Å². The fourth-order valence-corrected chi connectivity index (χ4v) is 2.42. The Morgan fingerprint density at radius 3 is 2.77 bits per heavy atom. The van der Waals surface area contributed by atoms with Crippen LogP contribution in [-0.4, -0.2) is 15.7 Å². The molecule has 0 aliphatic heterocycles. The molecule has 0 atom stereocenters. The zero-order valence-electron chi connectivity index (χ0n) is 14.1. The molecule has 128 valence electrons. The SMILES string of the molecule is N#Cc1cccc(COC(=O)/C=C/c2cnn(Cc3ccccc3)c2)c1. The number of esters is 1. The summed E-state index contributed by atoms with van der Waals surface area (Å²) in [4.78, 5) is 11.8. The molecule has 0 amide bonds. The third-order valence-corrected chi connectivity index (χ3v) is 3.69. The van der Waals surface area contributed by atoms with Crippen LogP contribution < -0.4 is 0 Å². The quantitative estimate of drug-likeness (QED) is 0.507. The molecule has 5 nitrogen and oxygen atoms in total. The zero-order chi connectivity index (χ0) is 18.2. The molecule has 0 saturated carbocycles. The fourth-order valence-electron chi connectivity index (χ4n) is 2.42. The van der Waals surface area contributed by atoms with E-state index < -0.39 is 5.97 Å². The Labute approximate surface area is 151 Å². The minimum Gasteiger partial charge on any atom is -0.458 e. The number of hydrogen-bond acceptors (Lipinski definition) is 4. The van der Waals surface area contributed by atoms with Crippen molar-refractivity contribution < 1.29 is 9.53 Å². The Bertz CT molecular complexity index is 953. The van der Waals surface area contributed by atoms with Gasteiger partial charge in [0.15, 0.2) is 0 Å². The fraction of sp³-hybridized carbons (Fsp3) is 0.0952. The van der Waals surface area contributed by atoms with E-state index in [9.17, 15) is 4.79 Å². The minimum atomic E-state index is -0.442. The lowest BCUT2D eigenvalue weighted by atomic mass is 10.1. The lowest BCUT2D eigenvalue weighted by Gasteiger charge is -2.02. The highest BCUT2D eigenvalue weighted by Crippen LogP contribution is 2.08. The number of benzene rings is 2. The van der Waals surface area contributed by atoms with Crippen LogP contribution in [0.1, 0.15) is 22.3 Å². The molecule has 3 aromatic rings. The summed E-state index contributed by atoms with van der Waals surface area (Å²) in [6.45, 7) is 0.806. The lowest BCUT2D eigenvalue weighted by Crippen LogP contribution is -2.00. The molecule has 0 N–H and O–H groups in total. The van der Waals surface area contributed by atoms with Crippen LogP contribution in [0.15, 0.2) is 73.1 Å². The van der Waals surface area contributed by atoms with Crippen molar-refractivity contribution in [3.63, 3.8) is 0 Å². The number of hydrogen-bond donors (Lipinski definition) is 0. The highest BCUT2D eigenvalue weighted by Gasteiger charge is 2.02. The number of aromatic nitrogens is 2. The van der Waals surface area contributed by atoms with Gasteiger partial charge in [-0.15, -0.1) is 0 Å². The first-order valence-electron chi connectivity index (χ1n) is 8.13. The van der Waals surface area contributed by atoms with Gasteiger partial charge < -0.3 is 4.74 Å². The summed E-state index contributed by atoms with van der Waals surface area (Å²) in [5.74, 6) is -0.442. The highest BCUT2D eigenvalue weighted by atomic mass is 16.5. The van der Waals surface area contributed by atoms with Gasteiger partial charge in [0.25, 0.3) is 0 Å². The topological polar surface area (TPSA) is 67.9 Å². The highest BCUT2D eigenvalue weighted by molar-refractivity contribution is 5.86. The van der Waals surface area contributed by atoms with Crippen molar-refractivity contribution >= 4 is 12.0 Å². The molecular weight excluding hydrogens is 326 g/mol. The Balaban J connectivity index is 1.53. The van der Waals surface area contributed by atoms with Crippen LogP contribution in [0.5, 0.6) is 0 Å². The van der Waals surface area contributed by atoms with Crippen molar-refractivity contribution in [3.05, 3.63) is 95.3 Å². The summed E-state index contributed by atoms with van der Waals surface area (Å²) in [7, 11) is 0. The molecule has 0 bridgehead atoms. The summed E-state index contributed by atoms with van der Waals surface area (Å²) >= 11 is 0. The van der Waals surface area contributed by atoms with Crippen LogP contribution in [0.3, 0.4) is 0 Å². The predicted molar refractivity (Wildman–Crippen MR) is 97.8 cm³/mol. The van der Waals surface area contributed by atoms with E-state index in [1.54, 1.807) is 30.5 Å². The van der Waals surface area contributed by atoms with E-state index in [1.807, 2.05) is 47.3 Å². The number of rotatable bonds is 6. The summed E-state index contributed by atoms with van der Waals surface area (Å²) in [5, 5.41) is 13.2. The van der Waals surface area contributed by atoms with Crippen LogP contribution in [0.25, 0.3) is 6.08 Å². The van der Waals surface area contributed by atoms with Crippen LogP contribution in [0, 0.1) is 11.3 Å². The first kappa shape index (κ1) is 17.2. The van der Waals surface area contributed by atoms with E-state index in [2.05, 4.69) is 11.2 Å². The van der Waals surface area contributed by atoms with Gasteiger partial charge in [0.1, 0.15) is 6.61 Å². The number of nitriles is 1. The van der Waals surface area contributed by atoms with Crippen molar-refractivity contribution in [2.75, 3.05) is 0 Å². The molecule has 2 aromatic carbocycles. The third kappa shape index (κ3) is 4.92. The smallest absolute Gasteiger partial charge is 0.331 e. The summed E-state index contributed by atoms with van der Waals surface area (Å²) in [5.41, 5.74) is 3.30. The molecule has 3 rings (SSSR count). The van der Waals surface area contributed by atoms with Crippen molar-refractivity contribution in [2.45, 2.75) is 13.2 Å². The Morgan fingerprint density at radius 1 is 1.15 bits per heavy atom. The van der Waals surface area contributed by atoms with Crippen LogP contribution in [-0.2, 0) is 22.7 Å². The van der Waals surface area contributed by atoms with Gasteiger partial charge in [0, 0.05) is 17.8 Å². The molecule has 0 aliphatic carbocycles. The van der Waals surface area contributed by atoms with Gasteiger partial charge in [-0.05, 0) is 29.3 Å². The number of carbonyl (C=O) groups excluding carboxylic acids is 1. The number of carbonyl (C=O) groups is 1. The maximum atomic E-state index is 11.8. The molecule has 1 aromatic heterocycles. The lowest BCUT2D eigenvalue weighted by molar-refractivity contribution is -0.138. The Morgan fingerprint density at radius 2 is 1.96 bits per heavy atom. The van der Waals surface area contributed by atoms with Crippen LogP contribution in [0.4, 0.5) is 0 Å². The van der Waals surface area contributed by atoms with Gasteiger partial charge in [0.05, 0.1) is 24.4 Å². The van der Waals surface area contributed by atoms with Crippen molar-refractivity contribution in [2.24, 2.45) is 0 Å². The Kier molecular flexibility index (Phi) is 5.58. The molecule has 0 spiro atoms. The first-order valence-corrected chi connectivity index (χ1v) is 8.13. The van der Waals surface area contributed by atoms with Crippen molar-refractivity contribution in [1.82, 2.24) is 9.78 Å². The van der Waals surface area contributed by atoms with Gasteiger partial charge in [-0.1, -0.05) is 42.5 Å². The van der Waals surface area contributed by atoms with E-state index in [0.717, 1.165) is 16.7 Å². The number of ether oxygens (including phenoxy) is 1. The van der Waals surface area contributed by atoms with Crippen molar-refractivity contribution in [3.8, 4) is 6.07 Å².